The zero-order valence-corrected chi connectivity index (χ0v) is 22.2. The van der Waals surface area contributed by atoms with E-state index >= 15 is 0 Å². The molecule has 0 saturated heterocycles. The molecule has 1 aliphatic heterocycles. The number of fused-ring (bicyclic) bond motifs is 1. The molecule has 1 saturated carbocycles. The fourth-order valence-corrected chi connectivity index (χ4v) is 5.40. The van der Waals surface area contributed by atoms with Crippen LogP contribution in [0.25, 0.3) is 11.1 Å². The number of rotatable bonds is 8. The summed E-state index contributed by atoms with van der Waals surface area (Å²) < 4.78 is 48.0. The number of alkyl halides is 3. The van der Waals surface area contributed by atoms with Gasteiger partial charge in [-0.1, -0.05) is 29.4 Å². The van der Waals surface area contributed by atoms with E-state index < -0.39 is 6.36 Å². The number of aromatic nitrogens is 4. The third-order valence-electron chi connectivity index (χ3n) is 7.41. The Morgan fingerprint density at radius 3 is 2.83 bits per heavy atom. The number of hydrogen-bond donors (Lipinski definition) is 1. The number of aryl methyl sites for hydroxylation is 1. The van der Waals surface area contributed by atoms with Gasteiger partial charge in [-0.05, 0) is 59.7 Å². The van der Waals surface area contributed by atoms with Gasteiger partial charge < -0.3 is 14.6 Å². The SMILES string of the molecule is Cc1noc([C@H]2C[C@@H]2C(=O)NCc2ccc(-c3cccc(OC(F)(F)F)c3)c3c2CN(Cc2cnccn2)CC3)n1. The molecule has 1 amide bonds. The predicted molar refractivity (Wildman–Crippen MR) is 140 cm³/mol. The van der Waals surface area contributed by atoms with Crippen molar-refractivity contribution in [2.24, 2.45) is 5.92 Å². The zero-order chi connectivity index (χ0) is 28.6. The van der Waals surface area contributed by atoms with Gasteiger partial charge in [0, 0.05) is 44.8 Å². The lowest BCUT2D eigenvalue weighted by molar-refractivity contribution is -0.274. The standard InChI is InChI=1S/C29H27F3N6O3/c1-17-36-28(41-37-17)25-12-24(25)27(39)35-13-19-5-6-22(18-3-2-4-21(11-18)40-29(30,31)32)23-7-10-38(16-26(19)23)15-20-14-33-8-9-34-20/h2-6,8-9,11,14,24-25H,7,10,12-13,15-16H2,1H3,(H,35,39)/t24-,25-/m0/s1. The maximum absolute atomic E-state index is 13.0. The predicted octanol–water partition coefficient (Wildman–Crippen LogP) is 4.71. The Labute approximate surface area is 233 Å². The molecule has 0 radical (unpaired) electrons. The van der Waals surface area contributed by atoms with E-state index in [2.05, 4.69) is 35.1 Å². The van der Waals surface area contributed by atoms with Crippen LogP contribution >= 0.6 is 0 Å². The normalized spacial score (nSPS) is 18.5. The highest BCUT2D eigenvalue weighted by Crippen LogP contribution is 2.47. The van der Waals surface area contributed by atoms with E-state index in [9.17, 15) is 18.0 Å². The van der Waals surface area contributed by atoms with Crippen molar-refractivity contribution in [3.05, 3.63) is 89.1 Å². The molecule has 3 heterocycles. The summed E-state index contributed by atoms with van der Waals surface area (Å²) in [6.45, 7) is 4.00. The van der Waals surface area contributed by atoms with Crippen LogP contribution in [0.3, 0.4) is 0 Å². The molecule has 6 rings (SSSR count). The maximum Gasteiger partial charge on any atom is 0.573 e. The number of hydrogen-bond acceptors (Lipinski definition) is 8. The summed E-state index contributed by atoms with van der Waals surface area (Å²) in [5.74, 6) is 0.402. The summed E-state index contributed by atoms with van der Waals surface area (Å²) in [5, 5.41) is 6.87. The van der Waals surface area contributed by atoms with Gasteiger partial charge >= 0.3 is 6.36 Å². The van der Waals surface area contributed by atoms with Gasteiger partial charge in [0.05, 0.1) is 17.5 Å². The molecule has 1 N–H and O–H groups in total. The Balaban J connectivity index is 1.25. The topological polar surface area (TPSA) is 106 Å². The van der Waals surface area contributed by atoms with Gasteiger partial charge in [0.15, 0.2) is 5.82 Å². The molecule has 41 heavy (non-hydrogen) atoms. The molecule has 0 unspecified atom stereocenters. The van der Waals surface area contributed by atoms with Gasteiger partial charge in [0.2, 0.25) is 11.8 Å². The highest BCUT2D eigenvalue weighted by molar-refractivity contribution is 5.82. The van der Waals surface area contributed by atoms with E-state index in [1.54, 1.807) is 37.6 Å². The Morgan fingerprint density at radius 1 is 1.20 bits per heavy atom. The average molecular weight is 565 g/mol. The first kappa shape index (κ1) is 26.9. The lowest BCUT2D eigenvalue weighted by Gasteiger charge is -2.32. The molecule has 2 aromatic carbocycles. The quantitative estimate of drug-likeness (QED) is 0.328. The first-order chi connectivity index (χ1) is 19.7. The second kappa shape index (κ2) is 10.9. The minimum atomic E-state index is -4.77. The van der Waals surface area contributed by atoms with Crippen LogP contribution in [0, 0.1) is 12.8 Å². The summed E-state index contributed by atoms with van der Waals surface area (Å²) >= 11 is 0. The van der Waals surface area contributed by atoms with Crippen LogP contribution in [-0.4, -0.2) is 43.8 Å². The summed E-state index contributed by atoms with van der Waals surface area (Å²) in [6, 6.07) is 9.87. The van der Waals surface area contributed by atoms with E-state index in [0.717, 1.165) is 34.5 Å². The molecule has 0 spiro atoms. The number of ether oxygens (including phenoxy) is 1. The van der Waals surface area contributed by atoms with Crippen molar-refractivity contribution in [1.29, 1.82) is 0 Å². The second-order valence-electron chi connectivity index (χ2n) is 10.3. The number of nitrogens with zero attached hydrogens (tertiary/aromatic N) is 5. The first-order valence-electron chi connectivity index (χ1n) is 13.3. The van der Waals surface area contributed by atoms with Gasteiger partial charge in [0.1, 0.15) is 5.75 Å². The molecule has 1 fully saturated rings. The molecule has 2 atom stereocenters. The third-order valence-corrected chi connectivity index (χ3v) is 7.41. The first-order valence-corrected chi connectivity index (χ1v) is 13.3. The zero-order valence-electron chi connectivity index (χ0n) is 22.2. The van der Waals surface area contributed by atoms with E-state index in [-0.39, 0.29) is 23.5 Å². The minimum absolute atomic E-state index is 0.0684. The van der Waals surface area contributed by atoms with Crippen molar-refractivity contribution >= 4 is 5.91 Å². The number of halogens is 3. The van der Waals surface area contributed by atoms with Crippen LogP contribution in [0.15, 0.2) is 59.5 Å². The van der Waals surface area contributed by atoms with Gasteiger partial charge in [-0.15, -0.1) is 13.2 Å². The highest BCUT2D eigenvalue weighted by atomic mass is 19.4. The van der Waals surface area contributed by atoms with Gasteiger partial charge in [-0.25, -0.2) is 0 Å². The van der Waals surface area contributed by atoms with Crippen molar-refractivity contribution in [3.63, 3.8) is 0 Å². The van der Waals surface area contributed by atoms with Crippen LogP contribution in [0.2, 0.25) is 0 Å². The van der Waals surface area contributed by atoms with Gasteiger partial charge in [0.25, 0.3) is 0 Å². The fraction of sp³-hybridized carbons (Fsp3) is 0.345. The second-order valence-corrected chi connectivity index (χ2v) is 10.3. The lowest BCUT2D eigenvalue weighted by atomic mass is 9.87. The monoisotopic (exact) mass is 564 g/mol. The molecule has 9 nitrogen and oxygen atoms in total. The van der Waals surface area contributed by atoms with Gasteiger partial charge in [-0.2, -0.15) is 4.98 Å². The largest absolute Gasteiger partial charge is 0.573 e. The van der Waals surface area contributed by atoms with E-state index in [0.29, 0.717) is 49.8 Å². The van der Waals surface area contributed by atoms with Crippen molar-refractivity contribution in [1.82, 2.24) is 30.3 Å². The molecule has 12 heteroatoms. The Kier molecular flexibility index (Phi) is 7.16. The van der Waals surface area contributed by atoms with Gasteiger partial charge in [-0.3, -0.25) is 19.7 Å². The number of benzene rings is 2. The molecule has 2 aromatic heterocycles. The fourth-order valence-electron chi connectivity index (χ4n) is 5.40. The van der Waals surface area contributed by atoms with Crippen LogP contribution in [-0.2, 0) is 30.8 Å². The van der Waals surface area contributed by atoms with Crippen molar-refractivity contribution < 1.29 is 27.2 Å². The molecular weight excluding hydrogens is 537 g/mol. The number of carbonyl (C=O) groups excluding carboxylic acids is 1. The average Bonchev–Trinajstić information content (AvgIpc) is 3.64. The van der Waals surface area contributed by atoms with Crippen molar-refractivity contribution in [2.75, 3.05) is 6.54 Å². The molecule has 0 bridgehead atoms. The Bertz CT molecular complexity index is 1560. The Morgan fingerprint density at radius 2 is 2.07 bits per heavy atom. The molecular formula is C29H27F3N6O3. The Hall–Kier alpha value is -4.32. The summed E-state index contributed by atoms with van der Waals surface area (Å²) in [4.78, 5) is 28.0. The molecule has 1 aliphatic carbocycles. The third kappa shape index (κ3) is 6.22. The minimum Gasteiger partial charge on any atom is -0.406 e. The lowest BCUT2D eigenvalue weighted by Crippen LogP contribution is -2.33. The van der Waals surface area contributed by atoms with Crippen LogP contribution in [0.4, 0.5) is 13.2 Å². The van der Waals surface area contributed by atoms with Crippen molar-refractivity contribution in [2.45, 2.75) is 51.7 Å². The van der Waals surface area contributed by atoms with Crippen molar-refractivity contribution in [3.8, 4) is 16.9 Å². The van der Waals surface area contributed by atoms with Crippen LogP contribution < -0.4 is 10.1 Å². The number of carbonyl (C=O) groups is 1. The summed E-state index contributed by atoms with van der Waals surface area (Å²) in [5.41, 5.74) is 5.36. The van der Waals surface area contributed by atoms with E-state index in [4.69, 9.17) is 4.52 Å². The van der Waals surface area contributed by atoms with Crippen LogP contribution in [0.5, 0.6) is 5.75 Å². The summed E-state index contributed by atoms with van der Waals surface area (Å²) in [7, 11) is 0. The number of amides is 1. The van der Waals surface area contributed by atoms with E-state index in [1.807, 2.05) is 12.1 Å². The molecule has 4 aromatic rings. The maximum atomic E-state index is 13.0. The molecule has 212 valence electrons. The number of nitrogens with one attached hydrogen (secondary N) is 1. The summed E-state index contributed by atoms with van der Waals surface area (Å²) in [6.07, 6.45) is 1.58. The molecule has 2 aliphatic rings. The smallest absolute Gasteiger partial charge is 0.406 e. The highest BCUT2D eigenvalue weighted by Gasteiger charge is 2.47. The van der Waals surface area contributed by atoms with E-state index in [1.165, 1.54) is 12.1 Å². The van der Waals surface area contributed by atoms with Crippen LogP contribution in [0.1, 0.15) is 46.4 Å².